The lowest BCUT2D eigenvalue weighted by Gasteiger charge is -2.28. The largest absolute Gasteiger partial charge is 0.505 e. The normalized spacial score (nSPS) is 12.1. The number of nitrogen functional groups attached to an aromatic ring is 1. The predicted molar refractivity (Wildman–Crippen MR) is 161 cm³/mol. The van der Waals surface area contributed by atoms with Gasteiger partial charge in [-0.05, 0) is 85.1 Å². The molecule has 0 unspecified atom stereocenters. The molecule has 2 atom stereocenters. The highest BCUT2D eigenvalue weighted by atomic mass is 19.1. The van der Waals surface area contributed by atoms with Crippen LogP contribution < -0.4 is 21.1 Å². The molecule has 4 aromatic rings. The van der Waals surface area contributed by atoms with Gasteiger partial charge in [0, 0.05) is 5.69 Å². The molecule has 0 saturated carbocycles. The first-order valence-electron chi connectivity index (χ1n) is 13.3. The van der Waals surface area contributed by atoms with E-state index in [1.54, 1.807) is 78.9 Å². The Morgan fingerprint density at radius 3 is 2.40 bits per heavy atom. The molecule has 0 aliphatic carbocycles. The molecule has 5 N–H and O–H groups in total. The number of hydrogen-bond acceptors (Lipinski definition) is 7. The van der Waals surface area contributed by atoms with Crippen molar-refractivity contribution in [3.63, 3.8) is 0 Å². The number of anilines is 3. The lowest BCUT2D eigenvalue weighted by Crippen LogP contribution is -2.31. The van der Waals surface area contributed by atoms with Crippen molar-refractivity contribution in [1.29, 1.82) is 5.26 Å². The van der Waals surface area contributed by atoms with E-state index in [-0.39, 0.29) is 17.9 Å². The highest BCUT2D eigenvalue weighted by Crippen LogP contribution is 2.31. The summed E-state index contributed by atoms with van der Waals surface area (Å²) in [5.41, 5.74) is 7.85. The van der Waals surface area contributed by atoms with Crippen LogP contribution in [0, 0.1) is 17.1 Å². The van der Waals surface area contributed by atoms with Gasteiger partial charge in [0.2, 0.25) is 5.91 Å². The topological polar surface area (TPSA) is 147 Å². The van der Waals surface area contributed by atoms with E-state index < -0.39 is 29.9 Å². The van der Waals surface area contributed by atoms with E-state index in [1.807, 2.05) is 12.1 Å². The molecule has 10 heteroatoms. The Morgan fingerprint density at radius 1 is 0.977 bits per heavy atom. The van der Waals surface area contributed by atoms with Crippen LogP contribution in [0.1, 0.15) is 30.1 Å². The maximum Gasteiger partial charge on any atom is 0.412 e. The highest BCUT2D eigenvalue weighted by molar-refractivity contribution is 6.01. The van der Waals surface area contributed by atoms with E-state index in [2.05, 4.69) is 10.6 Å². The Labute approximate surface area is 248 Å². The number of amides is 2. The van der Waals surface area contributed by atoms with Gasteiger partial charge in [-0.15, -0.1) is 0 Å². The number of para-hydroxylation sites is 3. The van der Waals surface area contributed by atoms with Crippen LogP contribution in [0.5, 0.6) is 11.5 Å². The third-order valence-electron chi connectivity index (χ3n) is 6.27. The van der Waals surface area contributed by atoms with Crippen molar-refractivity contribution in [1.82, 2.24) is 0 Å². The Bertz CT molecular complexity index is 1620. The van der Waals surface area contributed by atoms with Crippen molar-refractivity contribution in [3.8, 4) is 17.6 Å². The molecule has 0 radical (unpaired) electrons. The number of benzene rings is 4. The predicted octanol–water partition coefficient (Wildman–Crippen LogP) is 6.70. The number of nitrogens with zero attached hydrogens (tertiary/aromatic N) is 1. The van der Waals surface area contributed by atoms with Crippen LogP contribution in [0.2, 0.25) is 0 Å². The third kappa shape index (κ3) is 8.83. The first kappa shape index (κ1) is 30.1. The number of hydrogen-bond donors (Lipinski definition) is 4. The number of carbonyl (C=O) groups excluding carboxylic acids is 2. The van der Waals surface area contributed by atoms with Gasteiger partial charge < -0.3 is 25.6 Å². The molecule has 0 heterocycles. The fourth-order valence-corrected chi connectivity index (χ4v) is 4.13. The number of ether oxygens (including phenoxy) is 2. The molecule has 9 nitrogen and oxygen atoms in total. The van der Waals surface area contributed by atoms with Crippen molar-refractivity contribution in [3.05, 3.63) is 126 Å². The van der Waals surface area contributed by atoms with E-state index in [9.17, 15) is 19.1 Å². The van der Waals surface area contributed by atoms with E-state index in [4.69, 9.17) is 20.5 Å². The van der Waals surface area contributed by atoms with E-state index >= 15 is 0 Å². The Balaban J connectivity index is 1.55. The number of halogens is 1. The molecule has 0 aliphatic heterocycles. The minimum Gasteiger partial charge on any atom is -0.505 e. The first-order chi connectivity index (χ1) is 20.8. The summed E-state index contributed by atoms with van der Waals surface area (Å²) in [4.78, 5) is 25.4. The maximum absolute atomic E-state index is 14.5. The first-order valence-corrected chi connectivity index (χ1v) is 13.3. The molecular weight excluding hydrogens is 551 g/mol. The molecule has 43 heavy (non-hydrogen) atoms. The van der Waals surface area contributed by atoms with Crippen molar-refractivity contribution in [2.24, 2.45) is 0 Å². The second kappa shape index (κ2) is 14.7. The number of phenols is 1. The summed E-state index contributed by atoms with van der Waals surface area (Å²) in [5, 5.41) is 24.1. The SMILES string of the molecule is N#Cc1ccc(NC(=O)O[C@H](c2ccc(O)c(F)c2)[C@@H](CC/C=C/C(=O)Nc2ccccc2N)Oc2ccccc2)cc1. The summed E-state index contributed by atoms with van der Waals surface area (Å²) in [7, 11) is 0. The smallest absolute Gasteiger partial charge is 0.412 e. The number of nitriles is 1. The summed E-state index contributed by atoms with van der Waals surface area (Å²) in [5.74, 6) is -1.35. The number of allylic oxidation sites excluding steroid dienone is 1. The second-order valence-corrected chi connectivity index (χ2v) is 9.38. The minimum atomic E-state index is -1.12. The molecule has 4 rings (SSSR count). The summed E-state index contributed by atoms with van der Waals surface area (Å²) < 4.78 is 26.5. The van der Waals surface area contributed by atoms with E-state index in [0.29, 0.717) is 34.8 Å². The van der Waals surface area contributed by atoms with Crippen LogP contribution >= 0.6 is 0 Å². The van der Waals surface area contributed by atoms with Gasteiger partial charge in [0.1, 0.15) is 11.9 Å². The van der Waals surface area contributed by atoms with Gasteiger partial charge in [-0.2, -0.15) is 5.26 Å². The van der Waals surface area contributed by atoms with Gasteiger partial charge in [-0.3, -0.25) is 10.1 Å². The zero-order chi connectivity index (χ0) is 30.6. The summed E-state index contributed by atoms with van der Waals surface area (Å²) in [6, 6.07) is 27.6. The molecule has 0 bridgehead atoms. The minimum absolute atomic E-state index is 0.243. The molecule has 0 aliphatic rings. The molecule has 0 aromatic heterocycles. The molecule has 0 saturated heterocycles. The molecule has 0 fully saturated rings. The number of nitrogens with two attached hydrogens (primary N) is 1. The van der Waals surface area contributed by atoms with Gasteiger partial charge in [0.15, 0.2) is 17.7 Å². The Hall–Kier alpha value is -5.82. The summed E-state index contributed by atoms with van der Waals surface area (Å²) >= 11 is 0. The maximum atomic E-state index is 14.5. The van der Waals surface area contributed by atoms with Gasteiger partial charge in [-0.25, -0.2) is 9.18 Å². The zero-order valence-corrected chi connectivity index (χ0v) is 22.9. The molecular formula is C33H29FN4O5. The lowest BCUT2D eigenvalue weighted by molar-refractivity contribution is -0.111. The van der Waals surface area contributed by atoms with Crippen molar-refractivity contribution in [2.75, 3.05) is 16.4 Å². The van der Waals surface area contributed by atoms with Gasteiger partial charge in [0.05, 0.1) is 23.0 Å². The summed E-state index contributed by atoms with van der Waals surface area (Å²) in [6.45, 7) is 0. The third-order valence-corrected chi connectivity index (χ3v) is 6.27. The van der Waals surface area contributed by atoms with E-state index in [1.165, 1.54) is 18.2 Å². The van der Waals surface area contributed by atoms with Crippen LogP contribution in [0.15, 0.2) is 109 Å². The van der Waals surface area contributed by atoms with Crippen LogP contribution in [-0.4, -0.2) is 23.2 Å². The van der Waals surface area contributed by atoms with Crippen molar-refractivity contribution < 1.29 is 28.6 Å². The van der Waals surface area contributed by atoms with Crippen LogP contribution in [0.25, 0.3) is 0 Å². The molecule has 2 amide bonds. The second-order valence-electron chi connectivity index (χ2n) is 9.38. The zero-order valence-electron chi connectivity index (χ0n) is 22.9. The van der Waals surface area contributed by atoms with Crippen molar-refractivity contribution >= 4 is 29.1 Å². The fourth-order valence-electron chi connectivity index (χ4n) is 4.13. The number of nitrogens with one attached hydrogen (secondary N) is 2. The summed E-state index contributed by atoms with van der Waals surface area (Å²) in [6.07, 6.45) is 0.771. The monoisotopic (exact) mass is 580 g/mol. The van der Waals surface area contributed by atoms with Crippen LogP contribution in [-0.2, 0) is 9.53 Å². The van der Waals surface area contributed by atoms with Gasteiger partial charge >= 0.3 is 6.09 Å². The van der Waals surface area contributed by atoms with Crippen LogP contribution in [0.4, 0.5) is 26.2 Å². The Morgan fingerprint density at radius 2 is 1.70 bits per heavy atom. The molecule has 4 aromatic carbocycles. The van der Waals surface area contributed by atoms with Crippen molar-refractivity contribution in [2.45, 2.75) is 25.0 Å². The quantitative estimate of drug-likeness (QED) is 0.114. The number of aromatic hydroxyl groups is 1. The highest BCUT2D eigenvalue weighted by Gasteiger charge is 2.30. The Kier molecular flexibility index (Phi) is 10.3. The molecule has 218 valence electrons. The lowest BCUT2D eigenvalue weighted by atomic mass is 9.99. The van der Waals surface area contributed by atoms with Gasteiger partial charge in [-0.1, -0.05) is 42.5 Å². The van der Waals surface area contributed by atoms with Crippen LogP contribution in [0.3, 0.4) is 0 Å². The number of carbonyl (C=O) groups is 2. The number of rotatable bonds is 11. The average molecular weight is 581 g/mol. The van der Waals surface area contributed by atoms with Gasteiger partial charge in [0.25, 0.3) is 0 Å². The number of phenolic OH excluding ortho intramolecular Hbond substituents is 1. The fraction of sp³-hybridized carbons (Fsp3) is 0.121. The average Bonchev–Trinajstić information content (AvgIpc) is 3.01. The standard InChI is InChI=1S/C33H29FN4O5/c34-26-20-23(16-19-29(26)39)32(43-33(41)37-24-17-14-22(21-35)15-18-24)30(42-25-8-2-1-3-9-25)12-6-7-13-31(40)38-28-11-5-4-10-27(28)36/h1-5,7-11,13-20,30,32,39H,6,12,36H2,(H,37,41)(H,38,40)/b13-7+/t30-,32-/m1/s1. The van der Waals surface area contributed by atoms with E-state index in [0.717, 1.165) is 6.07 Å². The molecule has 0 spiro atoms.